The number of esters is 2. The van der Waals surface area contributed by atoms with Crippen LogP contribution in [0.4, 0.5) is 5.69 Å². The fourth-order valence-corrected chi connectivity index (χ4v) is 7.09. The summed E-state index contributed by atoms with van der Waals surface area (Å²) in [5, 5.41) is 0. The molecule has 0 saturated carbocycles. The second-order valence-electron chi connectivity index (χ2n) is 15.6. The Kier molecular flexibility index (Phi) is 30.8. The van der Waals surface area contributed by atoms with Crippen LogP contribution in [0.3, 0.4) is 0 Å². The van der Waals surface area contributed by atoms with Crippen LogP contribution in [0.5, 0.6) is 0 Å². The molecule has 0 bridgehead atoms. The van der Waals surface area contributed by atoms with E-state index in [-0.39, 0.29) is 41.8 Å². The summed E-state index contributed by atoms with van der Waals surface area (Å²) in [7, 11) is 0. The minimum absolute atomic E-state index is 0.0284. The van der Waals surface area contributed by atoms with Crippen molar-refractivity contribution in [3.05, 3.63) is 92.1 Å². The van der Waals surface area contributed by atoms with E-state index in [9.17, 15) is 28.8 Å². The van der Waals surface area contributed by atoms with E-state index < -0.39 is 0 Å². The second kappa shape index (κ2) is 35.4. The number of rotatable bonds is 17. The Balaban J connectivity index is 0.000000289. The normalized spacial score (nSPS) is 17.6. The standard InChI is InChI=1S/C13H15NO2.C9H15NO3.C9H13NO3.C9H15NO2S.C9H15NO2/c1-2-13(15)11-3-5-12(6-4-11)14-7-9-16-10-8-14;1-8(2)9(11)13-7-10-3-5-12-6-4-10;1-2-8(11)3-4-10-5-6-13-7-9(10)12;1-8(2)9(11)12-7-10-3-5-13-6-4-10;1-2-9(11)3-4-10-5-7-12-8-6-10/h2-6H,1,7-10H2;1,3-7H2,2H3;2H,1,3-7H2;1,3-7H2,2H3;2H,1,3-8H2. The van der Waals surface area contributed by atoms with Crippen LogP contribution in [0, 0.1) is 0 Å². The Hall–Kier alpha value is -4.79. The van der Waals surface area contributed by atoms with Crippen LogP contribution in [-0.2, 0) is 52.4 Å². The predicted octanol–water partition coefficient (Wildman–Crippen LogP) is 3.85. The Morgan fingerprint density at radius 1 is 0.597 bits per heavy atom. The average Bonchev–Trinajstić information content (AvgIpc) is 3.37. The lowest BCUT2D eigenvalue weighted by atomic mass is 10.1. The molecule has 0 unspecified atom stereocenters. The molecule has 67 heavy (non-hydrogen) atoms. The number of carbonyl (C=O) groups excluding carboxylic acids is 6. The van der Waals surface area contributed by atoms with Gasteiger partial charge >= 0.3 is 11.9 Å². The van der Waals surface area contributed by atoms with Gasteiger partial charge in [0.15, 0.2) is 17.3 Å². The highest BCUT2D eigenvalue weighted by Crippen LogP contribution is 2.17. The molecule has 6 rings (SSSR count). The van der Waals surface area contributed by atoms with Crippen molar-refractivity contribution in [2.75, 3.05) is 155 Å². The molecule has 0 radical (unpaired) electrons. The van der Waals surface area contributed by atoms with Gasteiger partial charge in [0.1, 0.15) is 20.1 Å². The van der Waals surface area contributed by atoms with Crippen LogP contribution in [0.15, 0.2) is 86.5 Å². The number of carbonyl (C=O) groups is 6. The van der Waals surface area contributed by atoms with Crippen molar-refractivity contribution in [1.29, 1.82) is 0 Å². The number of ketones is 3. The van der Waals surface area contributed by atoms with Crippen LogP contribution in [0.1, 0.15) is 37.0 Å². The fourth-order valence-electron chi connectivity index (χ4n) is 6.11. The van der Waals surface area contributed by atoms with Gasteiger partial charge in [-0.3, -0.25) is 33.9 Å². The van der Waals surface area contributed by atoms with Crippen LogP contribution in [0.2, 0.25) is 0 Å². The van der Waals surface area contributed by atoms with E-state index in [1.54, 1.807) is 18.7 Å². The lowest BCUT2D eigenvalue weighted by Crippen LogP contribution is -2.42. The van der Waals surface area contributed by atoms with Gasteiger partial charge in [-0.25, -0.2) is 9.59 Å². The van der Waals surface area contributed by atoms with Gasteiger partial charge in [0, 0.05) is 119 Å². The summed E-state index contributed by atoms with van der Waals surface area (Å²) in [5.41, 5.74) is 2.73. The van der Waals surface area contributed by atoms with Gasteiger partial charge in [0.25, 0.3) is 0 Å². The predicted molar refractivity (Wildman–Crippen MR) is 261 cm³/mol. The highest BCUT2D eigenvalue weighted by atomic mass is 32.2. The monoisotopic (exact) mass is 955 g/mol. The molecule has 372 valence electrons. The van der Waals surface area contributed by atoms with Crippen molar-refractivity contribution in [2.24, 2.45) is 0 Å². The van der Waals surface area contributed by atoms with Crippen LogP contribution in [0.25, 0.3) is 0 Å². The highest BCUT2D eigenvalue weighted by Gasteiger charge is 2.19. The summed E-state index contributed by atoms with van der Waals surface area (Å²) in [6, 6.07) is 7.63. The molecule has 5 heterocycles. The van der Waals surface area contributed by atoms with Gasteiger partial charge < -0.3 is 38.2 Å². The quantitative estimate of drug-likeness (QED) is 0.125. The van der Waals surface area contributed by atoms with Gasteiger partial charge in [-0.15, -0.1) is 0 Å². The second-order valence-corrected chi connectivity index (χ2v) is 16.8. The lowest BCUT2D eigenvalue weighted by Gasteiger charge is -2.28. The minimum atomic E-state index is -0.327. The van der Waals surface area contributed by atoms with E-state index in [4.69, 9.17) is 28.4 Å². The van der Waals surface area contributed by atoms with Crippen molar-refractivity contribution in [3.63, 3.8) is 0 Å². The van der Waals surface area contributed by atoms with Crippen molar-refractivity contribution in [1.82, 2.24) is 19.6 Å². The molecule has 5 fully saturated rings. The smallest absolute Gasteiger partial charge is 0.334 e. The molecule has 17 nitrogen and oxygen atoms in total. The summed E-state index contributed by atoms with van der Waals surface area (Å²) in [5.74, 6) is 1.66. The number of amides is 1. The molecule has 1 aromatic rings. The van der Waals surface area contributed by atoms with Crippen molar-refractivity contribution in [3.8, 4) is 0 Å². The molecule has 0 aliphatic carbocycles. The van der Waals surface area contributed by atoms with E-state index in [1.165, 1.54) is 18.2 Å². The number of thioether (sulfide) groups is 1. The van der Waals surface area contributed by atoms with E-state index in [1.807, 2.05) is 40.9 Å². The van der Waals surface area contributed by atoms with Crippen LogP contribution >= 0.6 is 11.8 Å². The first-order chi connectivity index (χ1) is 32.3. The molecule has 0 spiro atoms. The van der Waals surface area contributed by atoms with E-state index >= 15 is 0 Å². The van der Waals surface area contributed by atoms with Gasteiger partial charge in [-0.1, -0.05) is 32.9 Å². The first-order valence-corrected chi connectivity index (χ1v) is 23.7. The zero-order valence-electron chi connectivity index (χ0n) is 39.8. The Labute approximate surface area is 401 Å². The highest BCUT2D eigenvalue weighted by molar-refractivity contribution is 7.99. The SMILES string of the molecule is C=C(C)C(=O)OCN1CCOCC1.C=C(C)C(=O)OCN1CCSCC1.C=CC(=O)CCN1CCOCC1.C=CC(=O)CCN1CCOCC1=O.C=CC(=O)c1ccc(N2CCOCC2)cc1. The maximum atomic E-state index is 11.3. The Morgan fingerprint density at radius 3 is 1.51 bits per heavy atom. The molecular formula is C49H73N5O12S. The number of benzene rings is 1. The molecule has 1 aromatic carbocycles. The molecule has 0 N–H and O–H groups in total. The molecule has 18 heteroatoms. The molecule has 0 atom stereocenters. The van der Waals surface area contributed by atoms with E-state index in [0.29, 0.717) is 75.9 Å². The van der Waals surface area contributed by atoms with Gasteiger partial charge in [-0.05, 0) is 56.3 Å². The summed E-state index contributed by atoms with van der Waals surface area (Å²) in [4.78, 5) is 76.6. The average molecular weight is 956 g/mol. The molecule has 0 aromatic heterocycles. The maximum absolute atomic E-state index is 11.3. The minimum Gasteiger partial charge on any atom is -0.446 e. The van der Waals surface area contributed by atoms with E-state index in [2.05, 4.69) is 47.6 Å². The summed E-state index contributed by atoms with van der Waals surface area (Å²) in [6.45, 7) is 35.9. The zero-order valence-corrected chi connectivity index (χ0v) is 40.6. The first-order valence-electron chi connectivity index (χ1n) is 22.6. The van der Waals surface area contributed by atoms with Gasteiger partial charge in [0.2, 0.25) is 5.91 Å². The summed E-state index contributed by atoms with van der Waals surface area (Å²) < 4.78 is 30.6. The largest absolute Gasteiger partial charge is 0.446 e. The topological polar surface area (TPSA) is 174 Å². The first kappa shape index (κ1) is 58.3. The van der Waals surface area contributed by atoms with Crippen LogP contribution in [-0.4, -0.2) is 205 Å². The van der Waals surface area contributed by atoms with Crippen molar-refractivity contribution >= 4 is 52.6 Å². The number of anilines is 1. The fraction of sp³-hybridized carbons (Fsp3) is 0.551. The van der Waals surface area contributed by atoms with Crippen molar-refractivity contribution in [2.45, 2.75) is 26.7 Å². The van der Waals surface area contributed by atoms with Gasteiger partial charge in [-0.2, -0.15) is 11.8 Å². The summed E-state index contributed by atoms with van der Waals surface area (Å²) in [6.07, 6.45) is 4.95. The summed E-state index contributed by atoms with van der Waals surface area (Å²) >= 11 is 1.94. The third-order valence-electron chi connectivity index (χ3n) is 10.3. The maximum Gasteiger partial charge on any atom is 0.334 e. The Morgan fingerprint density at radius 2 is 1.04 bits per heavy atom. The number of morpholine rings is 4. The number of hydrogen-bond donors (Lipinski definition) is 0. The third-order valence-corrected chi connectivity index (χ3v) is 11.3. The molecular weight excluding hydrogens is 883 g/mol. The molecule has 1 amide bonds. The van der Waals surface area contributed by atoms with Crippen molar-refractivity contribution < 1.29 is 57.2 Å². The number of ether oxygens (including phenoxy) is 6. The number of hydrogen-bond acceptors (Lipinski definition) is 17. The zero-order chi connectivity index (χ0) is 49.2. The number of nitrogens with zero attached hydrogens (tertiary/aromatic N) is 5. The van der Waals surface area contributed by atoms with E-state index in [0.717, 1.165) is 103 Å². The molecule has 5 aliphatic heterocycles. The van der Waals surface area contributed by atoms with Crippen LogP contribution < -0.4 is 4.90 Å². The number of allylic oxidation sites excluding steroid dienone is 3. The lowest BCUT2D eigenvalue weighted by molar-refractivity contribution is -0.146. The molecule has 5 saturated heterocycles. The molecule has 5 aliphatic rings. The third kappa shape index (κ3) is 26.4. The van der Waals surface area contributed by atoms with Gasteiger partial charge in [0.05, 0.1) is 46.2 Å². The Bertz CT molecular complexity index is 1690.